The van der Waals surface area contributed by atoms with Crippen LogP contribution in [0.4, 0.5) is 17.6 Å². The molecular weight excluding hydrogens is 220 g/mol. The van der Waals surface area contributed by atoms with Crippen molar-refractivity contribution in [3.8, 4) is 0 Å². The fourth-order valence-electron chi connectivity index (χ4n) is 1.23. The van der Waals surface area contributed by atoms with Crippen molar-refractivity contribution in [2.24, 2.45) is 5.84 Å². The molecule has 6 N–H and O–H groups in total. The van der Waals surface area contributed by atoms with Crippen LogP contribution in [0, 0.1) is 0 Å². The van der Waals surface area contributed by atoms with Gasteiger partial charge in [0.15, 0.2) is 0 Å². The molecule has 0 atom stereocenters. The fourth-order valence-corrected chi connectivity index (χ4v) is 1.23. The van der Waals surface area contributed by atoms with Crippen molar-refractivity contribution in [3.05, 3.63) is 30.4 Å². The summed E-state index contributed by atoms with van der Waals surface area (Å²) in [4.78, 5) is 15.8. The minimum atomic E-state index is 0.144. The Morgan fingerprint density at radius 1 is 1.24 bits per heavy atom. The monoisotopic (exact) mass is 232 g/mol. The average Bonchev–Trinajstić information content (AvgIpc) is 2.37. The second kappa shape index (κ2) is 5.03. The molecule has 0 bridgehead atoms. The highest BCUT2D eigenvalue weighted by atomic mass is 15.3. The molecule has 0 unspecified atom stereocenters. The van der Waals surface area contributed by atoms with E-state index in [4.69, 9.17) is 11.6 Å². The van der Waals surface area contributed by atoms with E-state index in [-0.39, 0.29) is 5.95 Å². The summed E-state index contributed by atoms with van der Waals surface area (Å²) in [6, 6.07) is 3.46. The number of hydrogen-bond acceptors (Lipinski definition) is 8. The van der Waals surface area contributed by atoms with Crippen molar-refractivity contribution in [1.82, 2.24) is 19.9 Å². The number of hydrazine groups is 1. The number of anilines is 3. The third-order valence-corrected chi connectivity index (χ3v) is 1.99. The number of hydrogen-bond donors (Lipinski definition) is 4. The Balaban J connectivity index is 2.06. The molecule has 8 heteroatoms. The van der Waals surface area contributed by atoms with Crippen LogP contribution in [0.15, 0.2) is 24.7 Å². The Hall–Kier alpha value is -2.48. The Morgan fingerprint density at radius 3 is 2.76 bits per heavy atom. The van der Waals surface area contributed by atoms with E-state index in [1.165, 1.54) is 6.33 Å². The first-order valence-corrected chi connectivity index (χ1v) is 4.88. The lowest BCUT2D eigenvalue weighted by molar-refractivity contribution is 0.992. The van der Waals surface area contributed by atoms with Gasteiger partial charge in [-0.3, -0.25) is 0 Å². The first kappa shape index (κ1) is 11.0. The summed E-state index contributed by atoms with van der Waals surface area (Å²) in [5.74, 6) is 6.41. The van der Waals surface area contributed by atoms with Gasteiger partial charge in [-0.15, -0.1) is 0 Å². The van der Waals surface area contributed by atoms with Gasteiger partial charge in [0.25, 0.3) is 0 Å². The van der Waals surface area contributed by atoms with Gasteiger partial charge < -0.3 is 16.5 Å². The molecule has 8 nitrogen and oxygen atoms in total. The summed E-state index contributed by atoms with van der Waals surface area (Å²) in [7, 11) is 0. The van der Waals surface area contributed by atoms with E-state index >= 15 is 0 Å². The van der Waals surface area contributed by atoms with Crippen molar-refractivity contribution in [3.63, 3.8) is 0 Å². The zero-order valence-electron chi connectivity index (χ0n) is 8.96. The highest BCUT2D eigenvalue weighted by Gasteiger charge is 2.01. The largest absolute Gasteiger partial charge is 0.368 e. The number of rotatable bonds is 4. The average molecular weight is 232 g/mol. The Bertz CT molecular complexity index is 486. The van der Waals surface area contributed by atoms with E-state index in [1.54, 1.807) is 18.3 Å². The summed E-state index contributed by atoms with van der Waals surface area (Å²) < 4.78 is 0. The molecule has 2 aromatic rings. The topological polar surface area (TPSA) is 128 Å². The number of nitrogens with zero attached hydrogens (tertiary/aromatic N) is 4. The minimum Gasteiger partial charge on any atom is -0.368 e. The lowest BCUT2D eigenvalue weighted by Gasteiger charge is -2.07. The molecule has 17 heavy (non-hydrogen) atoms. The summed E-state index contributed by atoms with van der Waals surface area (Å²) >= 11 is 0. The van der Waals surface area contributed by atoms with Gasteiger partial charge in [-0.25, -0.2) is 15.8 Å². The van der Waals surface area contributed by atoms with Crippen LogP contribution in [0.5, 0.6) is 0 Å². The highest BCUT2D eigenvalue weighted by molar-refractivity contribution is 5.50. The normalized spacial score (nSPS) is 9.94. The molecule has 2 heterocycles. The van der Waals surface area contributed by atoms with Gasteiger partial charge in [0.2, 0.25) is 5.95 Å². The third-order valence-electron chi connectivity index (χ3n) is 1.99. The molecule has 0 aliphatic carbocycles. The molecule has 0 saturated heterocycles. The lowest BCUT2D eigenvalue weighted by atomic mass is 10.4. The van der Waals surface area contributed by atoms with Gasteiger partial charge in [-0.1, -0.05) is 0 Å². The summed E-state index contributed by atoms with van der Waals surface area (Å²) in [5.41, 5.74) is 8.78. The Labute approximate surface area is 97.5 Å². The van der Waals surface area contributed by atoms with Crippen molar-refractivity contribution < 1.29 is 0 Å². The van der Waals surface area contributed by atoms with Gasteiger partial charge in [-0.2, -0.15) is 9.97 Å². The van der Waals surface area contributed by atoms with Crippen molar-refractivity contribution in [1.29, 1.82) is 0 Å². The van der Waals surface area contributed by atoms with Gasteiger partial charge in [0.1, 0.15) is 18.0 Å². The number of nitrogen functional groups attached to an aromatic ring is 2. The van der Waals surface area contributed by atoms with Crippen molar-refractivity contribution >= 4 is 17.6 Å². The Morgan fingerprint density at radius 2 is 2.06 bits per heavy atom. The van der Waals surface area contributed by atoms with E-state index in [1.807, 2.05) is 0 Å². The molecule has 2 aromatic heterocycles. The smallest absolute Gasteiger partial charge is 0.223 e. The second-order valence-corrected chi connectivity index (χ2v) is 3.20. The maximum Gasteiger partial charge on any atom is 0.223 e. The number of nitrogens with one attached hydrogen (secondary N) is 2. The predicted molar refractivity (Wildman–Crippen MR) is 63.6 cm³/mol. The SMILES string of the molecule is NNc1cc(NCc2ccncn2)nc(N)n1. The van der Waals surface area contributed by atoms with Crippen LogP contribution < -0.4 is 22.3 Å². The van der Waals surface area contributed by atoms with Crippen LogP contribution in [0.2, 0.25) is 0 Å². The molecule has 0 spiro atoms. The first-order chi connectivity index (χ1) is 8.28. The second-order valence-electron chi connectivity index (χ2n) is 3.20. The van der Waals surface area contributed by atoms with Gasteiger partial charge in [0, 0.05) is 12.3 Å². The van der Waals surface area contributed by atoms with Crippen LogP contribution in [0.3, 0.4) is 0 Å². The quantitative estimate of drug-likeness (QED) is 0.419. The molecule has 0 radical (unpaired) electrons. The van der Waals surface area contributed by atoms with Gasteiger partial charge in [0.05, 0.1) is 12.2 Å². The first-order valence-electron chi connectivity index (χ1n) is 4.88. The van der Waals surface area contributed by atoms with Crippen LogP contribution in [0.25, 0.3) is 0 Å². The van der Waals surface area contributed by atoms with Crippen molar-refractivity contribution in [2.45, 2.75) is 6.54 Å². The molecule has 0 fully saturated rings. The maximum atomic E-state index is 5.52. The zero-order chi connectivity index (χ0) is 12.1. The van der Waals surface area contributed by atoms with Crippen LogP contribution in [0.1, 0.15) is 5.69 Å². The Kier molecular flexibility index (Phi) is 3.26. The molecule has 0 aliphatic rings. The van der Waals surface area contributed by atoms with Crippen LogP contribution in [-0.2, 0) is 6.54 Å². The van der Waals surface area contributed by atoms with E-state index in [2.05, 4.69) is 30.7 Å². The number of nitrogens with two attached hydrogens (primary N) is 2. The van der Waals surface area contributed by atoms with E-state index in [0.29, 0.717) is 18.2 Å². The maximum absolute atomic E-state index is 5.52. The van der Waals surface area contributed by atoms with Gasteiger partial charge >= 0.3 is 0 Å². The minimum absolute atomic E-state index is 0.144. The van der Waals surface area contributed by atoms with Crippen LogP contribution in [-0.4, -0.2) is 19.9 Å². The van der Waals surface area contributed by atoms with E-state index < -0.39 is 0 Å². The molecular formula is C9H12N8. The summed E-state index contributed by atoms with van der Waals surface area (Å²) in [6.07, 6.45) is 3.16. The van der Waals surface area contributed by atoms with Crippen molar-refractivity contribution in [2.75, 3.05) is 16.5 Å². The van der Waals surface area contributed by atoms with E-state index in [0.717, 1.165) is 5.69 Å². The molecule has 0 saturated carbocycles. The van der Waals surface area contributed by atoms with Gasteiger partial charge in [-0.05, 0) is 6.07 Å². The predicted octanol–water partition coefficient (Wildman–Crippen LogP) is -0.254. The standard InChI is InChI=1S/C9H12N8/c10-9-15-7(3-8(16-9)17-11)13-4-6-1-2-12-5-14-6/h1-3,5H,4,11H2,(H4,10,13,15,16,17). The summed E-state index contributed by atoms with van der Waals surface area (Å²) in [5, 5.41) is 3.06. The highest BCUT2D eigenvalue weighted by Crippen LogP contribution is 2.11. The summed E-state index contributed by atoms with van der Waals surface area (Å²) in [6.45, 7) is 0.517. The third kappa shape index (κ3) is 2.98. The molecule has 2 rings (SSSR count). The van der Waals surface area contributed by atoms with E-state index in [9.17, 15) is 0 Å². The zero-order valence-corrected chi connectivity index (χ0v) is 8.96. The molecule has 0 aromatic carbocycles. The fraction of sp³-hybridized carbons (Fsp3) is 0.111. The van der Waals surface area contributed by atoms with Crippen LogP contribution >= 0.6 is 0 Å². The molecule has 0 aliphatic heterocycles. The molecule has 0 amide bonds. The lowest BCUT2D eigenvalue weighted by Crippen LogP contribution is -2.12. The number of aromatic nitrogens is 4. The molecule has 88 valence electrons.